The third-order valence-corrected chi connectivity index (χ3v) is 5.84. The third kappa shape index (κ3) is 6.64. The first-order valence-corrected chi connectivity index (χ1v) is 11.1. The lowest BCUT2D eigenvalue weighted by Crippen LogP contribution is -2.39. The molecule has 0 radical (unpaired) electrons. The van der Waals surface area contributed by atoms with E-state index in [1.165, 1.54) is 12.5 Å². The van der Waals surface area contributed by atoms with Crippen LogP contribution in [0.15, 0.2) is 54.6 Å². The molecule has 7 heteroatoms. The summed E-state index contributed by atoms with van der Waals surface area (Å²) in [5.74, 6) is -0.414. The molecule has 0 spiro atoms. The number of nitrogens with one attached hydrogen (secondary N) is 2. The quantitative estimate of drug-likeness (QED) is 0.476. The molecule has 3 rings (SSSR count). The Hall–Kier alpha value is -2.70. The van der Waals surface area contributed by atoms with Crippen molar-refractivity contribution in [2.75, 3.05) is 12.4 Å². The summed E-state index contributed by atoms with van der Waals surface area (Å²) in [6.45, 7) is 0. The summed E-state index contributed by atoms with van der Waals surface area (Å²) in [6, 6.07) is 14.6. The van der Waals surface area contributed by atoms with Gasteiger partial charge in [-0.25, -0.2) is 0 Å². The lowest BCUT2D eigenvalue weighted by Gasteiger charge is -2.31. The highest BCUT2D eigenvalue weighted by molar-refractivity contribution is 7.80. The lowest BCUT2D eigenvalue weighted by molar-refractivity contribution is -0.115. The van der Waals surface area contributed by atoms with Crippen LogP contribution in [0, 0.1) is 0 Å². The van der Waals surface area contributed by atoms with Gasteiger partial charge >= 0.3 is 0 Å². The fourth-order valence-corrected chi connectivity index (χ4v) is 3.99. The van der Waals surface area contributed by atoms with Gasteiger partial charge in [-0.1, -0.05) is 55.1 Å². The molecular weight excluding hydrogens is 430 g/mol. The average molecular weight is 456 g/mol. The summed E-state index contributed by atoms with van der Waals surface area (Å²) >= 11 is 11.1. The largest absolute Gasteiger partial charge is 0.339 e. The normalized spacial score (nSPS) is 14.3. The van der Waals surface area contributed by atoms with Crippen LogP contribution in [0.2, 0.25) is 5.02 Å². The van der Waals surface area contributed by atoms with Crippen LogP contribution in [0.4, 0.5) is 5.69 Å². The first-order valence-electron chi connectivity index (χ1n) is 10.4. The standard InChI is InChI=1S/C24H26ClN3O2S/c1-28(19-7-3-2-4-8-19)23(30)20-9-5-6-10-21(20)26-24(31)27-22(29)16-13-17-11-14-18(25)15-12-17/h5-6,9-16,19H,2-4,7-8H2,1H3,(H2,26,27,29,31)/b16-13+. The van der Waals surface area contributed by atoms with Crippen molar-refractivity contribution >= 4 is 52.5 Å². The molecule has 0 aliphatic heterocycles. The van der Waals surface area contributed by atoms with Crippen molar-refractivity contribution in [3.05, 3.63) is 70.8 Å². The maximum atomic E-state index is 13.1. The van der Waals surface area contributed by atoms with Crippen LogP contribution in [-0.2, 0) is 4.79 Å². The van der Waals surface area contributed by atoms with Crippen molar-refractivity contribution in [3.63, 3.8) is 0 Å². The maximum absolute atomic E-state index is 13.1. The predicted molar refractivity (Wildman–Crippen MR) is 130 cm³/mol. The van der Waals surface area contributed by atoms with Gasteiger partial charge in [-0.3, -0.25) is 14.9 Å². The van der Waals surface area contributed by atoms with Crippen molar-refractivity contribution in [2.45, 2.75) is 38.1 Å². The Kier molecular flexibility index (Phi) is 8.20. The minimum absolute atomic E-state index is 0.0493. The summed E-state index contributed by atoms with van der Waals surface area (Å²) in [5.41, 5.74) is 1.95. The lowest BCUT2D eigenvalue weighted by atomic mass is 9.94. The molecule has 0 heterocycles. The van der Waals surface area contributed by atoms with E-state index in [0.717, 1.165) is 31.2 Å². The number of halogens is 1. The minimum Gasteiger partial charge on any atom is -0.339 e. The van der Waals surface area contributed by atoms with Crippen molar-refractivity contribution < 1.29 is 9.59 Å². The monoisotopic (exact) mass is 455 g/mol. The van der Waals surface area contributed by atoms with E-state index in [1.54, 1.807) is 30.3 Å². The first-order chi connectivity index (χ1) is 14.9. The van der Waals surface area contributed by atoms with Gasteiger partial charge in [-0.15, -0.1) is 0 Å². The summed E-state index contributed by atoms with van der Waals surface area (Å²) in [7, 11) is 1.86. The number of hydrogen-bond acceptors (Lipinski definition) is 3. The second-order valence-electron chi connectivity index (χ2n) is 7.58. The van der Waals surface area contributed by atoms with Gasteiger partial charge in [0.05, 0.1) is 11.3 Å². The van der Waals surface area contributed by atoms with Gasteiger partial charge in [0.1, 0.15) is 0 Å². The Bertz CT molecular complexity index is 969. The molecule has 1 aliphatic carbocycles. The number of rotatable bonds is 5. The molecule has 162 valence electrons. The average Bonchev–Trinajstić information content (AvgIpc) is 2.78. The Morgan fingerprint density at radius 3 is 2.45 bits per heavy atom. The summed E-state index contributed by atoms with van der Waals surface area (Å²) in [5, 5.41) is 6.36. The summed E-state index contributed by atoms with van der Waals surface area (Å²) in [4.78, 5) is 27.1. The molecule has 0 saturated heterocycles. The molecule has 2 amide bonds. The van der Waals surface area contributed by atoms with Crippen LogP contribution in [0.3, 0.4) is 0 Å². The van der Waals surface area contributed by atoms with Gasteiger partial charge in [0.15, 0.2) is 5.11 Å². The molecule has 1 saturated carbocycles. The van der Waals surface area contributed by atoms with E-state index in [4.69, 9.17) is 23.8 Å². The number of nitrogens with zero attached hydrogens (tertiary/aromatic N) is 1. The SMILES string of the molecule is CN(C(=O)c1ccccc1NC(=S)NC(=O)/C=C/c1ccc(Cl)cc1)C1CCCCC1. The Morgan fingerprint density at radius 2 is 1.74 bits per heavy atom. The number of para-hydroxylation sites is 1. The molecule has 2 aromatic carbocycles. The third-order valence-electron chi connectivity index (χ3n) is 5.38. The molecular formula is C24H26ClN3O2S. The molecule has 0 bridgehead atoms. The Labute approximate surface area is 193 Å². The molecule has 1 aliphatic rings. The van der Waals surface area contributed by atoms with Gasteiger partial charge < -0.3 is 10.2 Å². The molecule has 2 aromatic rings. The second kappa shape index (κ2) is 11.1. The van der Waals surface area contributed by atoms with Crippen molar-refractivity contribution in [1.29, 1.82) is 0 Å². The Morgan fingerprint density at radius 1 is 1.06 bits per heavy atom. The van der Waals surface area contributed by atoms with E-state index in [0.29, 0.717) is 16.3 Å². The van der Waals surface area contributed by atoms with E-state index in [1.807, 2.05) is 36.2 Å². The highest BCUT2D eigenvalue weighted by atomic mass is 35.5. The van der Waals surface area contributed by atoms with Crippen LogP contribution >= 0.6 is 23.8 Å². The predicted octanol–water partition coefficient (Wildman–Crippen LogP) is 5.27. The highest BCUT2D eigenvalue weighted by Crippen LogP contribution is 2.25. The van der Waals surface area contributed by atoms with Crippen LogP contribution in [0.1, 0.15) is 48.0 Å². The van der Waals surface area contributed by atoms with Gasteiger partial charge in [0.25, 0.3) is 5.91 Å². The first kappa shape index (κ1) is 23.0. The minimum atomic E-state index is -0.365. The Balaban J connectivity index is 1.61. The fraction of sp³-hybridized carbons (Fsp3) is 0.292. The van der Waals surface area contributed by atoms with Crippen LogP contribution in [0.5, 0.6) is 0 Å². The maximum Gasteiger partial charge on any atom is 0.255 e. The van der Waals surface area contributed by atoms with E-state index in [2.05, 4.69) is 10.6 Å². The number of benzene rings is 2. The van der Waals surface area contributed by atoms with Crippen molar-refractivity contribution in [2.24, 2.45) is 0 Å². The summed E-state index contributed by atoms with van der Waals surface area (Å²) in [6.07, 6.45) is 8.68. The highest BCUT2D eigenvalue weighted by Gasteiger charge is 2.24. The van der Waals surface area contributed by atoms with Gasteiger partial charge in [-0.05, 0) is 61.0 Å². The van der Waals surface area contributed by atoms with Crippen LogP contribution in [-0.4, -0.2) is 34.9 Å². The molecule has 5 nitrogen and oxygen atoms in total. The van der Waals surface area contributed by atoms with E-state index in [-0.39, 0.29) is 23.0 Å². The molecule has 0 unspecified atom stereocenters. The molecule has 0 aromatic heterocycles. The van der Waals surface area contributed by atoms with Crippen molar-refractivity contribution in [3.8, 4) is 0 Å². The van der Waals surface area contributed by atoms with E-state index >= 15 is 0 Å². The molecule has 31 heavy (non-hydrogen) atoms. The zero-order chi connectivity index (χ0) is 22.2. The van der Waals surface area contributed by atoms with Gasteiger partial charge in [0.2, 0.25) is 5.91 Å². The fourth-order valence-electron chi connectivity index (χ4n) is 3.66. The number of carbonyl (C=O) groups is 2. The van der Waals surface area contributed by atoms with Gasteiger partial charge in [0, 0.05) is 24.2 Å². The smallest absolute Gasteiger partial charge is 0.255 e. The zero-order valence-electron chi connectivity index (χ0n) is 17.4. The number of carbonyl (C=O) groups excluding carboxylic acids is 2. The van der Waals surface area contributed by atoms with Crippen molar-refractivity contribution in [1.82, 2.24) is 10.2 Å². The van der Waals surface area contributed by atoms with Crippen LogP contribution < -0.4 is 10.6 Å². The second-order valence-corrected chi connectivity index (χ2v) is 8.43. The molecule has 0 atom stereocenters. The molecule has 1 fully saturated rings. The summed E-state index contributed by atoms with van der Waals surface area (Å²) < 4.78 is 0. The van der Waals surface area contributed by atoms with Gasteiger partial charge in [-0.2, -0.15) is 0 Å². The topological polar surface area (TPSA) is 61.4 Å². The number of thiocarbonyl (C=S) groups is 1. The van der Waals surface area contributed by atoms with E-state index < -0.39 is 0 Å². The van der Waals surface area contributed by atoms with E-state index in [9.17, 15) is 9.59 Å². The van der Waals surface area contributed by atoms with Crippen LogP contribution in [0.25, 0.3) is 6.08 Å². The number of amides is 2. The zero-order valence-corrected chi connectivity index (χ0v) is 19.0. The number of anilines is 1. The number of hydrogen-bond donors (Lipinski definition) is 2. The molecule has 2 N–H and O–H groups in total.